The SMILES string of the molecule is CC(C)Oc1ccc(Cl)cc1/C=N\NCc1ccc(Cl)cc1. The van der Waals surface area contributed by atoms with E-state index in [-0.39, 0.29) is 6.10 Å². The molecule has 0 saturated heterocycles. The van der Waals surface area contributed by atoms with Gasteiger partial charge in [0.05, 0.1) is 18.9 Å². The lowest BCUT2D eigenvalue weighted by Crippen LogP contribution is -2.09. The van der Waals surface area contributed by atoms with Crippen LogP contribution in [0.5, 0.6) is 5.75 Å². The van der Waals surface area contributed by atoms with Gasteiger partial charge in [0.2, 0.25) is 0 Å². The first-order valence-electron chi connectivity index (χ1n) is 7.01. The van der Waals surface area contributed by atoms with E-state index >= 15 is 0 Å². The van der Waals surface area contributed by atoms with Gasteiger partial charge in [0.25, 0.3) is 0 Å². The number of hydrazone groups is 1. The Morgan fingerprint density at radius 2 is 1.77 bits per heavy atom. The van der Waals surface area contributed by atoms with Gasteiger partial charge in [-0.15, -0.1) is 0 Å². The first-order chi connectivity index (χ1) is 10.5. The van der Waals surface area contributed by atoms with E-state index in [1.54, 1.807) is 12.3 Å². The number of ether oxygens (including phenoxy) is 1. The van der Waals surface area contributed by atoms with Crippen molar-refractivity contribution in [2.45, 2.75) is 26.5 Å². The van der Waals surface area contributed by atoms with Gasteiger partial charge in [-0.2, -0.15) is 5.10 Å². The molecule has 0 aliphatic heterocycles. The van der Waals surface area contributed by atoms with Gasteiger partial charge in [0, 0.05) is 15.6 Å². The van der Waals surface area contributed by atoms with Gasteiger partial charge in [-0.05, 0) is 49.7 Å². The summed E-state index contributed by atoms with van der Waals surface area (Å²) >= 11 is 11.9. The van der Waals surface area contributed by atoms with E-state index in [2.05, 4.69) is 10.5 Å². The molecule has 22 heavy (non-hydrogen) atoms. The number of rotatable bonds is 6. The molecule has 5 heteroatoms. The Morgan fingerprint density at radius 3 is 2.45 bits per heavy atom. The highest BCUT2D eigenvalue weighted by molar-refractivity contribution is 6.31. The fraction of sp³-hybridized carbons (Fsp3) is 0.235. The van der Waals surface area contributed by atoms with Gasteiger partial charge in [0.1, 0.15) is 5.75 Å². The van der Waals surface area contributed by atoms with Crippen LogP contribution in [0.4, 0.5) is 0 Å². The molecule has 0 bridgehead atoms. The van der Waals surface area contributed by atoms with Gasteiger partial charge in [-0.1, -0.05) is 35.3 Å². The van der Waals surface area contributed by atoms with Crippen LogP contribution in [0.1, 0.15) is 25.0 Å². The van der Waals surface area contributed by atoms with Gasteiger partial charge in [0.15, 0.2) is 0 Å². The summed E-state index contributed by atoms with van der Waals surface area (Å²) in [6.07, 6.45) is 1.80. The molecule has 0 heterocycles. The summed E-state index contributed by atoms with van der Waals surface area (Å²) < 4.78 is 5.74. The average molecular weight is 337 g/mol. The van der Waals surface area contributed by atoms with Crippen molar-refractivity contribution >= 4 is 29.4 Å². The van der Waals surface area contributed by atoms with Gasteiger partial charge in [-0.25, -0.2) is 0 Å². The van der Waals surface area contributed by atoms with Crippen LogP contribution in [0.2, 0.25) is 10.0 Å². The Hall–Kier alpha value is -1.71. The van der Waals surface area contributed by atoms with Crippen LogP contribution in [0.25, 0.3) is 0 Å². The molecular formula is C17H18Cl2N2O. The highest BCUT2D eigenvalue weighted by Crippen LogP contribution is 2.22. The summed E-state index contributed by atoms with van der Waals surface area (Å²) in [6, 6.07) is 13.1. The predicted octanol–water partition coefficient (Wildman–Crippen LogP) is 4.90. The van der Waals surface area contributed by atoms with Crippen LogP contribution >= 0.6 is 23.2 Å². The minimum absolute atomic E-state index is 0.0929. The van der Waals surface area contributed by atoms with Crippen LogP contribution < -0.4 is 10.2 Å². The smallest absolute Gasteiger partial charge is 0.128 e. The topological polar surface area (TPSA) is 33.6 Å². The Labute approximate surface area is 140 Å². The van der Waals surface area contributed by atoms with E-state index in [0.29, 0.717) is 11.6 Å². The van der Waals surface area contributed by atoms with Crippen molar-refractivity contribution in [2.24, 2.45) is 5.10 Å². The van der Waals surface area contributed by atoms with Crippen LogP contribution in [0.15, 0.2) is 47.6 Å². The van der Waals surface area contributed by atoms with Crippen molar-refractivity contribution in [1.82, 2.24) is 5.43 Å². The average Bonchev–Trinajstić information content (AvgIpc) is 2.47. The lowest BCUT2D eigenvalue weighted by molar-refractivity contribution is 0.242. The Kier molecular flexibility index (Phi) is 6.10. The van der Waals surface area contributed by atoms with Crippen molar-refractivity contribution in [3.8, 4) is 5.75 Å². The summed E-state index contributed by atoms with van der Waals surface area (Å²) in [4.78, 5) is 0. The van der Waals surface area contributed by atoms with Gasteiger partial charge in [-0.3, -0.25) is 0 Å². The molecule has 0 atom stereocenters. The van der Waals surface area contributed by atoms with E-state index in [0.717, 1.165) is 21.9 Å². The largest absolute Gasteiger partial charge is 0.490 e. The van der Waals surface area contributed by atoms with Crippen molar-refractivity contribution in [3.05, 3.63) is 63.6 Å². The Morgan fingerprint density at radius 1 is 1.09 bits per heavy atom. The van der Waals surface area contributed by atoms with Crippen molar-refractivity contribution < 1.29 is 4.74 Å². The molecule has 0 radical (unpaired) electrons. The van der Waals surface area contributed by atoms with Crippen molar-refractivity contribution in [2.75, 3.05) is 0 Å². The maximum atomic E-state index is 6.03. The first-order valence-corrected chi connectivity index (χ1v) is 7.77. The summed E-state index contributed by atoms with van der Waals surface area (Å²) in [6.45, 7) is 4.58. The van der Waals surface area contributed by atoms with E-state index < -0.39 is 0 Å². The lowest BCUT2D eigenvalue weighted by Gasteiger charge is -2.12. The summed E-state index contributed by atoms with van der Waals surface area (Å²) in [5.74, 6) is 0.761. The van der Waals surface area contributed by atoms with E-state index in [1.807, 2.05) is 50.2 Å². The minimum Gasteiger partial charge on any atom is -0.490 e. The number of hydrogen-bond acceptors (Lipinski definition) is 3. The quantitative estimate of drug-likeness (QED) is 0.601. The molecule has 0 aliphatic carbocycles. The predicted molar refractivity (Wildman–Crippen MR) is 93.1 cm³/mol. The molecule has 116 valence electrons. The fourth-order valence-electron chi connectivity index (χ4n) is 1.84. The minimum atomic E-state index is 0.0929. The van der Waals surface area contributed by atoms with Gasteiger partial charge < -0.3 is 10.2 Å². The molecule has 3 nitrogen and oxygen atoms in total. The third-order valence-electron chi connectivity index (χ3n) is 2.83. The number of benzene rings is 2. The number of nitrogens with one attached hydrogen (secondary N) is 1. The zero-order chi connectivity index (χ0) is 15.9. The maximum absolute atomic E-state index is 6.03. The zero-order valence-corrected chi connectivity index (χ0v) is 14.0. The zero-order valence-electron chi connectivity index (χ0n) is 12.5. The second-order valence-corrected chi connectivity index (χ2v) is 5.94. The van der Waals surface area contributed by atoms with E-state index in [4.69, 9.17) is 27.9 Å². The van der Waals surface area contributed by atoms with Crippen molar-refractivity contribution in [3.63, 3.8) is 0 Å². The molecule has 0 spiro atoms. The number of hydrogen-bond donors (Lipinski definition) is 1. The molecule has 2 aromatic carbocycles. The van der Waals surface area contributed by atoms with Crippen LogP contribution in [-0.2, 0) is 6.54 Å². The molecule has 1 N–H and O–H groups in total. The third-order valence-corrected chi connectivity index (χ3v) is 3.31. The third kappa shape index (κ3) is 5.24. The molecule has 0 saturated carbocycles. The molecular weight excluding hydrogens is 319 g/mol. The van der Waals surface area contributed by atoms with Crippen molar-refractivity contribution in [1.29, 1.82) is 0 Å². The summed E-state index contributed by atoms with van der Waals surface area (Å²) in [7, 11) is 0. The molecule has 0 aliphatic rings. The summed E-state index contributed by atoms with van der Waals surface area (Å²) in [5, 5.41) is 5.59. The molecule has 0 unspecified atom stereocenters. The lowest BCUT2D eigenvalue weighted by atomic mass is 10.2. The van der Waals surface area contributed by atoms with E-state index in [1.165, 1.54) is 0 Å². The molecule has 0 amide bonds. The van der Waals surface area contributed by atoms with Gasteiger partial charge >= 0.3 is 0 Å². The normalized spacial score (nSPS) is 11.1. The highest BCUT2D eigenvalue weighted by atomic mass is 35.5. The second kappa shape index (κ2) is 8.06. The molecule has 2 aromatic rings. The number of halogens is 2. The second-order valence-electron chi connectivity index (χ2n) is 5.07. The molecule has 0 fully saturated rings. The fourth-order valence-corrected chi connectivity index (χ4v) is 2.14. The first kappa shape index (κ1) is 16.7. The number of nitrogens with zero attached hydrogens (tertiary/aromatic N) is 1. The maximum Gasteiger partial charge on any atom is 0.128 e. The molecule has 2 rings (SSSR count). The van der Waals surface area contributed by atoms with Crippen LogP contribution in [-0.4, -0.2) is 12.3 Å². The van der Waals surface area contributed by atoms with E-state index in [9.17, 15) is 0 Å². The highest BCUT2D eigenvalue weighted by Gasteiger charge is 2.04. The standard InChI is InChI=1S/C17H18Cl2N2O/c1-12(2)22-17-8-7-16(19)9-14(17)11-21-20-10-13-3-5-15(18)6-4-13/h3-9,11-12,20H,10H2,1-2H3/b21-11-. The Bertz CT molecular complexity index is 640. The Balaban J connectivity index is 1.99. The van der Waals surface area contributed by atoms with Crippen LogP contribution in [0.3, 0.4) is 0 Å². The summed E-state index contributed by atoms with van der Waals surface area (Å²) in [5.41, 5.74) is 4.94. The molecule has 0 aromatic heterocycles. The van der Waals surface area contributed by atoms with Crippen LogP contribution in [0, 0.1) is 0 Å². The monoisotopic (exact) mass is 336 g/mol.